The van der Waals surface area contributed by atoms with Gasteiger partial charge in [0.15, 0.2) is 0 Å². The van der Waals surface area contributed by atoms with Crippen molar-refractivity contribution in [3.05, 3.63) is 32.8 Å². The number of rotatable bonds is 6. The van der Waals surface area contributed by atoms with Crippen LogP contribution in [0.25, 0.3) is 0 Å². The molecule has 1 aromatic carbocycles. The molecule has 1 N–H and O–H groups in total. The molecule has 0 spiro atoms. The summed E-state index contributed by atoms with van der Waals surface area (Å²) in [6.45, 7) is 8.31. The van der Waals surface area contributed by atoms with Crippen LogP contribution >= 0.6 is 34.8 Å². The van der Waals surface area contributed by atoms with E-state index in [4.69, 9.17) is 34.8 Å². The van der Waals surface area contributed by atoms with Crippen LogP contribution in [-0.4, -0.2) is 31.1 Å². The molecule has 0 amide bonds. The van der Waals surface area contributed by atoms with Crippen LogP contribution in [-0.2, 0) is 0 Å². The second-order valence-electron chi connectivity index (χ2n) is 5.01. The Morgan fingerprint density at radius 1 is 1.11 bits per heavy atom. The van der Waals surface area contributed by atoms with Crippen molar-refractivity contribution in [3.8, 4) is 0 Å². The maximum atomic E-state index is 6.22. The van der Waals surface area contributed by atoms with Gasteiger partial charge in [-0.2, -0.15) is 0 Å². The lowest BCUT2D eigenvalue weighted by molar-refractivity contribution is 0.270. The molecule has 2 nitrogen and oxygen atoms in total. The number of halogens is 3. The molecule has 1 rings (SSSR count). The SMILES string of the molecule is CC(NCCN(C)C(C)C)c1ccc(Cl)c(Cl)c1Cl. The molecule has 0 aliphatic rings. The van der Waals surface area contributed by atoms with Crippen molar-refractivity contribution in [2.24, 2.45) is 0 Å². The third kappa shape index (κ3) is 4.80. The summed E-state index contributed by atoms with van der Waals surface area (Å²) in [6.07, 6.45) is 0. The normalized spacial score (nSPS) is 13.3. The first-order valence-corrected chi connectivity index (χ1v) is 7.55. The molecule has 1 unspecified atom stereocenters. The lowest BCUT2D eigenvalue weighted by Gasteiger charge is -2.23. The summed E-state index contributed by atoms with van der Waals surface area (Å²) in [4.78, 5) is 2.29. The Bertz CT molecular complexity index is 421. The molecule has 0 aliphatic carbocycles. The average molecular weight is 324 g/mol. The third-order valence-electron chi connectivity index (χ3n) is 3.33. The fourth-order valence-electron chi connectivity index (χ4n) is 1.70. The van der Waals surface area contributed by atoms with Crippen LogP contribution in [0.3, 0.4) is 0 Å². The summed E-state index contributed by atoms with van der Waals surface area (Å²) >= 11 is 18.2. The lowest BCUT2D eigenvalue weighted by Crippen LogP contribution is -2.34. The van der Waals surface area contributed by atoms with Gasteiger partial charge in [0.1, 0.15) is 0 Å². The molecule has 108 valence electrons. The first-order valence-electron chi connectivity index (χ1n) is 6.41. The summed E-state index contributed by atoms with van der Waals surface area (Å²) in [5.41, 5.74) is 0.975. The van der Waals surface area contributed by atoms with Gasteiger partial charge in [-0.25, -0.2) is 0 Å². The van der Waals surface area contributed by atoms with Gasteiger partial charge in [-0.3, -0.25) is 0 Å². The molecule has 5 heteroatoms. The Hall–Kier alpha value is 0.01000. The Morgan fingerprint density at radius 2 is 1.74 bits per heavy atom. The average Bonchev–Trinajstić information content (AvgIpc) is 2.35. The van der Waals surface area contributed by atoms with E-state index in [0.717, 1.165) is 18.7 Å². The largest absolute Gasteiger partial charge is 0.309 e. The van der Waals surface area contributed by atoms with Crippen molar-refractivity contribution >= 4 is 34.8 Å². The van der Waals surface area contributed by atoms with Crippen molar-refractivity contribution in [2.45, 2.75) is 32.9 Å². The first-order chi connectivity index (χ1) is 8.84. The van der Waals surface area contributed by atoms with E-state index in [2.05, 4.69) is 38.0 Å². The zero-order valence-electron chi connectivity index (χ0n) is 11.8. The van der Waals surface area contributed by atoms with Gasteiger partial charge in [0.2, 0.25) is 0 Å². The molecule has 19 heavy (non-hydrogen) atoms. The maximum Gasteiger partial charge on any atom is 0.0781 e. The van der Waals surface area contributed by atoms with E-state index < -0.39 is 0 Å². The molecular weight excluding hydrogens is 303 g/mol. The Labute approximate surface area is 131 Å². The molecule has 0 bridgehead atoms. The Balaban J connectivity index is 2.59. The fourth-order valence-corrected chi connectivity index (χ4v) is 2.41. The highest BCUT2D eigenvalue weighted by Gasteiger charge is 2.14. The van der Waals surface area contributed by atoms with Crippen LogP contribution in [0.2, 0.25) is 15.1 Å². The monoisotopic (exact) mass is 322 g/mol. The highest BCUT2D eigenvalue weighted by atomic mass is 35.5. The second-order valence-corrected chi connectivity index (χ2v) is 6.18. The number of benzene rings is 1. The molecule has 0 saturated heterocycles. The van der Waals surface area contributed by atoms with E-state index in [9.17, 15) is 0 Å². The Morgan fingerprint density at radius 3 is 2.32 bits per heavy atom. The van der Waals surface area contributed by atoms with Gasteiger partial charge in [-0.1, -0.05) is 40.9 Å². The smallest absolute Gasteiger partial charge is 0.0781 e. The zero-order chi connectivity index (χ0) is 14.6. The summed E-state index contributed by atoms with van der Waals surface area (Å²) in [7, 11) is 2.11. The topological polar surface area (TPSA) is 15.3 Å². The molecule has 1 aromatic rings. The van der Waals surface area contributed by atoms with E-state index in [-0.39, 0.29) is 6.04 Å². The number of nitrogens with one attached hydrogen (secondary N) is 1. The summed E-state index contributed by atoms with van der Waals surface area (Å²) in [6, 6.07) is 4.39. The van der Waals surface area contributed by atoms with Gasteiger partial charge in [0, 0.05) is 25.2 Å². The fraction of sp³-hybridized carbons (Fsp3) is 0.571. The predicted octanol–water partition coefficient (Wildman–Crippen LogP) is 4.64. The minimum atomic E-state index is 0.142. The molecule has 0 aliphatic heterocycles. The van der Waals surface area contributed by atoms with Crippen LogP contribution in [0.4, 0.5) is 0 Å². The van der Waals surface area contributed by atoms with Crippen LogP contribution in [0, 0.1) is 0 Å². The highest BCUT2D eigenvalue weighted by molar-refractivity contribution is 6.48. The van der Waals surface area contributed by atoms with Crippen LogP contribution in [0.15, 0.2) is 12.1 Å². The molecule has 0 radical (unpaired) electrons. The van der Waals surface area contributed by atoms with Crippen LogP contribution in [0.1, 0.15) is 32.4 Å². The van der Waals surface area contributed by atoms with Crippen LogP contribution < -0.4 is 5.32 Å². The van der Waals surface area contributed by atoms with Crippen molar-refractivity contribution in [3.63, 3.8) is 0 Å². The molecule has 0 saturated carbocycles. The van der Waals surface area contributed by atoms with Gasteiger partial charge in [0.05, 0.1) is 15.1 Å². The van der Waals surface area contributed by atoms with Gasteiger partial charge in [-0.05, 0) is 39.4 Å². The summed E-state index contributed by atoms with van der Waals surface area (Å²) in [5.74, 6) is 0. The molecule has 0 heterocycles. The van der Waals surface area contributed by atoms with E-state index in [1.165, 1.54) is 0 Å². The second kappa shape index (κ2) is 7.70. The first kappa shape index (κ1) is 17.1. The van der Waals surface area contributed by atoms with E-state index in [1.807, 2.05) is 6.07 Å². The third-order valence-corrected chi connectivity index (χ3v) is 4.64. The lowest BCUT2D eigenvalue weighted by atomic mass is 10.1. The quantitative estimate of drug-likeness (QED) is 0.767. The highest BCUT2D eigenvalue weighted by Crippen LogP contribution is 2.35. The van der Waals surface area contributed by atoms with Crippen molar-refractivity contribution < 1.29 is 0 Å². The number of likely N-dealkylation sites (N-methyl/N-ethyl adjacent to an activating group) is 1. The van der Waals surface area contributed by atoms with Gasteiger partial charge in [0.25, 0.3) is 0 Å². The van der Waals surface area contributed by atoms with Crippen molar-refractivity contribution in [2.75, 3.05) is 20.1 Å². The summed E-state index contributed by atoms with van der Waals surface area (Å²) in [5, 5.41) is 4.89. The van der Waals surface area contributed by atoms with Crippen molar-refractivity contribution in [1.82, 2.24) is 10.2 Å². The minimum absolute atomic E-state index is 0.142. The maximum absolute atomic E-state index is 6.22. The zero-order valence-corrected chi connectivity index (χ0v) is 14.1. The van der Waals surface area contributed by atoms with E-state index in [1.54, 1.807) is 6.07 Å². The molecular formula is C14H21Cl3N2. The number of hydrogen-bond donors (Lipinski definition) is 1. The standard InChI is InChI=1S/C14H21Cl3N2/c1-9(2)19(4)8-7-18-10(3)11-5-6-12(15)14(17)13(11)16/h5-6,9-10,18H,7-8H2,1-4H3. The van der Waals surface area contributed by atoms with Gasteiger partial charge in [-0.15, -0.1) is 0 Å². The Kier molecular flexibility index (Phi) is 6.92. The minimum Gasteiger partial charge on any atom is -0.309 e. The van der Waals surface area contributed by atoms with Crippen LogP contribution in [0.5, 0.6) is 0 Å². The molecule has 0 fully saturated rings. The number of hydrogen-bond acceptors (Lipinski definition) is 2. The number of nitrogens with zero attached hydrogens (tertiary/aromatic N) is 1. The van der Waals surface area contributed by atoms with E-state index in [0.29, 0.717) is 21.1 Å². The van der Waals surface area contributed by atoms with Crippen molar-refractivity contribution in [1.29, 1.82) is 0 Å². The van der Waals surface area contributed by atoms with Gasteiger partial charge < -0.3 is 10.2 Å². The summed E-state index contributed by atoms with van der Waals surface area (Å²) < 4.78 is 0. The van der Waals surface area contributed by atoms with E-state index >= 15 is 0 Å². The van der Waals surface area contributed by atoms with Gasteiger partial charge >= 0.3 is 0 Å². The molecule has 0 aromatic heterocycles. The molecule has 1 atom stereocenters. The predicted molar refractivity (Wildman–Crippen MR) is 85.7 cm³/mol.